The van der Waals surface area contributed by atoms with Crippen LogP contribution in [0.1, 0.15) is 46.0 Å². The zero-order valence-electron chi connectivity index (χ0n) is 9.84. The largest absolute Gasteiger partial charge is 0.327 e. The van der Waals surface area contributed by atoms with Crippen LogP contribution in [-0.2, 0) is 0 Å². The van der Waals surface area contributed by atoms with Crippen LogP contribution in [0.15, 0.2) is 0 Å². The minimum atomic E-state index is 0.403. The molecule has 1 aliphatic rings. The summed E-state index contributed by atoms with van der Waals surface area (Å²) in [6.45, 7) is 8.23. The van der Waals surface area contributed by atoms with Crippen molar-refractivity contribution >= 4 is 0 Å². The van der Waals surface area contributed by atoms with E-state index in [-0.39, 0.29) is 0 Å². The fourth-order valence-corrected chi connectivity index (χ4v) is 2.34. The molecular formula is C12H26N2. The molecule has 1 aliphatic heterocycles. The van der Waals surface area contributed by atoms with E-state index in [1.54, 1.807) is 0 Å². The molecule has 0 aromatic rings. The summed E-state index contributed by atoms with van der Waals surface area (Å²) in [6, 6.07) is 0.403. The van der Waals surface area contributed by atoms with Crippen LogP contribution in [-0.4, -0.2) is 30.6 Å². The Hall–Kier alpha value is -0.0800. The smallest absolute Gasteiger partial charge is 0.0167 e. The lowest BCUT2D eigenvalue weighted by Gasteiger charge is -2.32. The van der Waals surface area contributed by atoms with Crippen molar-refractivity contribution in [3.63, 3.8) is 0 Å². The van der Waals surface area contributed by atoms with Gasteiger partial charge in [0.2, 0.25) is 0 Å². The molecule has 84 valence electrons. The Kier molecular flexibility index (Phi) is 5.49. The Morgan fingerprint density at radius 1 is 1.50 bits per heavy atom. The molecule has 1 rings (SSSR count). The van der Waals surface area contributed by atoms with Gasteiger partial charge in [0, 0.05) is 19.1 Å². The summed E-state index contributed by atoms with van der Waals surface area (Å²) in [5.41, 5.74) is 6.09. The molecule has 1 saturated heterocycles. The molecule has 14 heavy (non-hydrogen) atoms. The molecule has 0 bridgehead atoms. The van der Waals surface area contributed by atoms with Crippen molar-refractivity contribution in [1.29, 1.82) is 0 Å². The van der Waals surface area contributed by atoms with Gasteiger partial charge < -0.3 is 10.6 Å². The second-order valence-electron chi connectivity index (χ2n) is 4.91. The highest BCUT2D eigenvalue weighted by molar-refractivity contribution is 4.74. The van der Waals surface area contributed by atoms with Gasteiger partial charge in [0.25, 0.3) is 0 Å². The van der Waals surface area contributed by atoms with E-state index in [0.29, 0.717) is 6.04 Å². The fourth-order valence-electron chi connectivity index (χ4n) is 2.34. The minimum absolute atomic E-state index is 0.403. The van der Waals surface area contributed by atoms with Crippen LogP contribution in [0.4, 0.5) is 0 Å². The van der Waals surface area contributed by atoms with Crippen LogP contribution in [0, 0.1) is 5.92 Å². The van der Waals surface area contributed by atoms with E-state index in [2.05, 4.69) is 18.7 Å². The Labute approximate surface area is 88.8 Å². The van der Waals surface area contributed by atoms with Crippen LogP contribution >= 0.6 is 0 Å². The lowest BCUT2D eigenvalue weighted by molar-refractivity contribution is 0.172. The van der Waals surface area contributed by atoms with Gasteiger partial charge in [-0.15, -0.1) is 0 Å². The molecule has 0 aromatic heterocycles. The molecule has 2 atom stereocenters. The number of likely N-dealkylation sites (tertiary alicyclic amines) is 1. The minimum Gasteiger partial charge on any atom is -0.327 e. The predicted octanol–water partition coefficient (Wildman–Crippen LogP) is 2.24. The molecule has 2 unspecified atom stereocenters. The summed E-state index contributed by atoms with van der Waals surface area (Å²) in [4.78, 5) is 2.55. The summed E-state index contributed by atoms with van der Waals surface area (Å²) < 4.78 is 0. The van der Waals surface area contributed by atoms with Crippen molar-refractivity contribution in [1.82, 2.24) is 4.90 Å². The maximum absolute atomic E-state index is 6.09. The average molecular weight is 198 g/mol. The topological polar surface area (TPSA) is 29.3 Å². The second-order valence-corrected chi connectivity index (χ2v) is 4.91. The zero-order chi connectivity index (χ0) is 10.4. The van der Waals surface area contributed by atoms with Crippen LogP contribution in [0.2, 0.25) is 0 Å². The second kappa shape index (κ2) is 6.41. The fraction of sp³-hybridized carbons (Fsp3) is 1.00. The Balaban J connectivity index is 2.15. The Morgan fingerprint density at radius 2 is 2.29 bits per heavy atom. The third-order valence-electron chi connectivity index (χ3n) is 3.16. The van der Waals surface area contributed by atoms with Gasteiger partial charge in [-0.3, -0.25) is 0 Å². The number of rotatable bonds is 5. The van der Waals surface area contributed by atoms with Gasteiger partial charge in [-0.2, -0.15) is 0 Å². The molecule has 2 nitrogen and oxygen atoms in total. The van der Waals surface area contributed by atoms with Gasteiger partial charge in [-0.05, 0) is 31.7 Å². The summed E-state index contributed by atoms with van der Waals surface area (Å²) in [6.07, 6.45) is 6.51. The number of nitrogens with zero attached hydrogens (tertiary/aromatic N) is 1. The molecular weight excluding hydrogens is 172 g/mol. The highest BCUT2D eigenvalue weighted by Crippen LogP contribution is 2.15. The molecule has 1 heterocycles. The van der Waals surface area contributed by atoms with Crippen LogP contribution in [0.5, 0.6) is 0 Å². The van der Waals surface area contributed by atoms with Gasteiger partial charge in [-0.25, -0.2) is 0 Å². The zero-order valence-corrected chi connectivity index (χ0v) is 9.84. The molecule has 0 aromatic carbocycles. The third kappa shape index (κ3) is 4.43. The van der Waals surface area contributed by atoms with Crippen LogP contribution < -0.4 is 5.73 Å². The quantitative estimate of drug-likeness (QED) is 0.734. The predicted molar refractivity (Wildman–Crippen MR) is 62.3 cm³/mol. The van der Waals surface area contributed by atoms with Crippen molar-refractivity contribution in [3.8, 4) is 0 Å². The van der Waals surface area contributed by atoms with E-state index in [1.165, 1.54) is 45.2 Å². The third-order valence-corrected chi connectivity index (χ3v) is 3.16. The van der Waals surface area contributed by atoms with Crippen LogP contribution in [0.25, 0.3) is 0 Å². The molecule has 0 spiro atoms. The maximum Gasteiger partial charge on any atom is 0.0167 e. The maximum atomic E-state index is 6.09. The molecule has 0 aliphatic carbocycles. The highest BCUT2D eigenvalue weighted by atomic mass is 15.1. The van der Waals surface area contributed by atoms with E-state index in [1.807, 2.05) is 0 Å². The van der Waals surface area contributed by atoms with Crippen molar-refractivity contribution in [2.75, 3.05) is 19.6 Å². The number of unbranched alkanes of at least 4 members (excludes halogenated alkanes) is 1. The molecule has 2 N–H and O–H groups in total. The summed E-state index contributed by atoms with van der Waals surface area (Å²) in [5.74, 6) is 0.877. The molecule has 2 heteroatoms. The highest BCUT2D eigenvalue weighted by Gasteiger charge is 2.17. The normalized spacial score (nSPS) is 26.4. The number of nitrogens with two attached hydrogens (primary N) is 1. The van der Waals surface area contributed by atoms with E-state index in [0.717, 1.165) is 12.5 Å². The standard InChI is InChI=1S/C12H26N2/c1-3-4-7-12(13)10-14-8-5-6-11(2)9-14/h11-12H,3-10,13H2,1-2H3. The van der Waals surface area contributed by atoms with Crippen molar-refractivity contribution < 1.29 is 0 Å². The first-order valence-electron chi connectivity index (χ1n) is 6.20. The molecule has 0 radical (unpaired) electrons. The lowest BCUT2D eigenvalue weighted by Crippen LogP contribution is -2.42. The van der Waals surface area contributed by atoms with Gasteiger partial charge in [0.05, 0.1) is 0 Å². The van der Waals surface area contributed by atoms with E-state index >= 15 is 0 Å². The first-order valence-corrected chi connectivity index (χ1v) is 6.20. The van der Waals surface area contributed by atoms with Gasteiger partial charge in [-0.1, -0.05) is 26.7 Å². The Bertz CT molecular complexity index is 147. The van der Waals surface area contributed by atoms with Gasteiger partial charge >= 0.3 is 0 Å². The van der Waals surface area contributed by atoms with E-state index < -0.39 is 0 Å². The first-order chi connectivity index (χ1) is 6.72. The number of hydrogen-bond acceptors (Lipinski definition) is 2. The number of hydrogen-bond donors (Lipinski definition) is 1. The van der Waals surface area contributed by atoms with Crippen molar-refractivity contribution in [2.45, 2.75) is 52.0 Å². The monoisotopic (exact) mass is 198 g/mol. The van der Waals surface area contributed by atoms with E-state index in [9.17, 15) is 0 Å². The average Bonchev–Trinajstić information content (AvgIpc) is 2.15. The van der Waals surface area contributed by atoms with Gasteiger partial charge in [0.1, 0.15) is 0 Å². The van der Waals surface area contributed by atoms with Crippen LogP contribution in [0.3, 0.4) is 0 Å². The molecule has 0 saturated carbocycles. The van der Waals surface area contributed by atoms with E-state index in [4.69, 9.17) is 5.73 Å². The first kappa shape index (κ1) is 12.0. The summed E-state index contributed by atoms with van der Waals surface area (Å²) in [5, 5.41) is 0. The van der Waals surface area contributed by atoms with Crippen molar-refractivity contribution in [2.24, 2.45) is 11.7 Å². The molecule has 1 fully saturated rings. The number of piperidine rings is 1. The van der Waals surface area contributed by atoms with Gasteiger partial charge in [0.15, 0.2) is 0 Å². The lowest BCUT2D eigenvalue weighted by atomic mass is 9.99. The van der Waals surface area contributed by atoms with Crippen molar-refractivity contribution in [3.05, 3.63) is 0 Å². The Morgan fingerprint density at radius 3 is 2.93 bits per heavy atom. The SMILES string of the molecule is CCCCC(N)CN1CCCC(C)C1. The summed E-state index contributed by atoms with van der Waals surface area (Å²) >= 11 is 0. The molecule has 0 amide bonds. The summed E-state index contributed by atoms with van der Waals surface area (Å²) in [7, 11) is 0.